The Kier molecular flexibility index (Phi) is 4.14. The number of carboxylic acid groups (broad SMARTS) is 1. The molecule has 21 heavy (non-hydrogen) atoms. The summed E-state index contributed by atoms with van der Waals surface area (Å²) in [5, 5.41) is 20.3. The Morgan fingerprint density at radius 1 is 1.48 bits per heavy atom. The van der Waals surface area contributed by atoms with Crippen molar-refractivity contribution < 1.29 is 23.5 Å². The molecule has 0 spiro atoms. The molecule has 0 fully saturated rings. The van der Waals surface area contributed by atoms with Crippen LogP contribution >= 0.6 is 0 Å². The Labute approximate surface area is 121 Å². The molecule has 2 rings (SSSR count). The van der Waals surface area contributed by atoms with Gasteiger partial charge in [0.15, 0.2) is 11.6 Å². The molecule has 1 aliphatic carbocycles. The zero-order valence-corrected chi connectivity index (χ0v) is 11.8. The number of sulfonamides is 1. The molecule has 0 aromatic heterocycles. The van der Waals surface area contributed by atoms with Gasteiger partial charge in [0, 0.05) is 11.6 Å². The van der Waals surface area contributed by atoms with Crippen LogP contribution in [0.1, 0.15) is 29.2 Å². The van der Waals surface area contributed by atoms with E-state index in [0.717, 1.165) is 5.56 Å². The molecule has 0 heterocycles. The number of nitrogens with one attached hydrogen (secondary N) is 1. The number of hydrogen-bond donors (Lipinski definition) is 4. The normalized spacial score (nSPS) is 18.5. The summed E-state index contributed by atoms with van der Waals surface area (Å²) in [7, 11) is -3.91. The van der Waals surface area contributed by atoms with Crippen LogP contribution in [0.15, 0.2) is 23.4 Å². The molecule has 1 atom stereocenters. The first-order valence-electron chi connectivity index (χ1n) is 6.15. The number of rotatable bonds is 5. The first-order chi connectivity index (χ1) is 9.84. The SMILES string of the molecule is N/C(=N\O)c1cccc2c1CC[C@@H]2NS(=O)(=O)CC(=O)O. The zero-order valence-electron chi connectivity index (χ0n) is 11.0. The highest BCUT2D eigenvalue weighted by Gasteiger charge is 2.29. The largest absolute Gasteiger partial charge is 0.480 e. The average Bonchev–Trinajstić information content (AvgIpc) is 2.79. The van der Waals surface area contributed by atoms with E-state index in [2.05, 4.69) is 9.88 Å². The van der Waals surface area contributed by atoms with Crippen molar-refractivity contribution in [1.29, 1.82) is 0 Å². The van der Waals surface area contributed by atoms with Crippen molar-refractivity contribution in [3.8, 4) is 0 Å². The minimum absolute atomic E-state index is 0.0408. The van der Waals surface area contributed by atoms with Gasteiger partial charge in [-0.2, -0.15) is 0 Å². The van der Waals surface area contributed by atoms with Crippen LogP contribution in [-0.4, -0.2) is 36.3 Å². The van der Waals surface area contributed by atoms with Gasteiger partial charge in [0.2, 0.25) is 10.0 Å². The maximum Gasteiger partial charge on any atom is 0.320 e. The fraction of sp³-hybridized carbons (Fsp3) is 0.333. The average molecular weight is 313 g/mol. The van der Waals surface area contributed by atoms with Crippen molar-refractivity contribution in [3.63, 3.8) is 0 Å². The summed E-state index contributed by atoms with van der Waals surface area (Å²) >= 11 is 0. The molecule has 8 nitrogen and oxygen atoms in total. The topological polar surface area (TPSA) is 142 Å². The van der Waals surface area contributed by atoms with E-state index in [0.29, 0.717) is 24.0 Å². The third kappa shape index (κ3) is 3.31. The smallest absolute Gasteiger partial charge is 0.320 e. The monoisotopic (exact) mass is 313 g/mol. The predicted octanol–water partition coefficient (Wildman–Crippen LogP) is -0.228. The lowest BCUT2D eigenvalue weighted by molar-refractivity contribution is -0.134. The van der Waals surface area contributed by atoms with Gasteiger partial charge in [-0.1, -0.05) is 23.4 Å². The van der Waals surface area contributed by atoms with Crippen LogP contribution in [0.4, 0.5) is 0 Å². The summed E-state index contributed by atoms with van der Waals surface area (Å²) in [4.78, 5) is 10.5. The number of aliphatic carboxylic acids is 1. The first kappa shape index (κ1) is 15.3. The summed E-state index contributed by atoms with van der Waals surface area (Å²) in [6, 6.07) is 4.60. The van der Waals surface area contributed by atoms with Gasteiger partial charge in [-0.15, -0.1) is 0 Å². The van der Waals surface area contributed by atoms with Gasteiger partial charge in [0.05, 0.1) is 0 Å². The van der Waals surface area contributed by atoms with Gasteiger partial charge in [-0.25, -0.2) is 13.1 Å². The van der Waals surface area contributed by atoms with Crippen molar-refractivity contribution in [3.05, 3.63) is 34.9 Å². The lowest BCUT2D eigenvalue weighted by atomic mass is 10.0. The van der Waals surface area contributed by atoms with Crippen LogP contribution in [0.3, 0.4) is 0 Å². The lowest BCUT2D eigenvalue weighted by Crippen LogP contribution is -2.32. The Bertz CT molecular complexity index is 699. The predicted molar refractivity (Wildman–Crippen MR) is 74.6 cm³/mol. The molecular formula is C12H15N3O5S. The van der Waals surface area contributed by atoms with Crippen LogP contribution in [0, 0.1) is 0 Å². The molecule has 0 saturated carbocycles. The first-order valence-corrected chi connectivity index (χ1v) is 7.81. The van der Waals surface area contributed by atoms with Crippen LogP contribution < -0.4 is 10.5 Å². The number of carbonyl (C=O) groups is 1. The number of amidine groups is 1. The lowest BCUT2D eigenvalue weighted by Gasteiger charge is -2.14. The highest BCUT2D eigenvalue weighted by Crippen LogP contribution is 2.33. The summed E-state index contributed by atoms with van der Waals surface area (Å²) in [5.74, 6) is -2.43. The number of nitrogens with zero attached hydrogens (tertiary/aromatic N) is 1. The fourth-order valence-electron chi connectivity index (χ4n) is 2.49. The molecule has 1 aromatic carbocycles. The minimum atomic E-state index is -3.91. The standard InChI is InChI=1S/C12H15N3O5S/c13-12(14-18)9-3-1-2-8-7(9)4-5-10(8)15-21(19,20)6-11(16)17/h1-3,10,15,18H,4-6H2,(H2,13,14)(H,16,17)/t10-/m0/s1. The van der Waals surface area contributed by atoms with E-state index in [1.54, 1.807) is 18.2 Å². The van der Waals surface area contributed by atoms with Crippen LogP contribution in [0.25, 0.3) is 0 Å². The highest BCUT2D eigenvalue weighted by molar-refractivity contribution is 7.90. The molecule has 1 aliphatic rings. The molecule has 0 unspecified atom stereocenters. The maximum atomic E-state index is 11.7. The number of oxime groups is 1. The van der Waals surface area contributed by atoms with E-state index in [4.69, 9.17) is 16.0 Å². The summed E-state index contributed by atoms with van der Waals surface area (Å²) in [6.45, 7) is 0. The molecule has 9 heteroatoms. The van der Waals surface area contributed by atoms with Crippen molar-refractivity contribution in [2.24, 2.45) is 10.9 Å². The molecule has 114 valence electrons. The van der Waals surface area contributed by atoms with Crippen molar-refractivity contribution in [2.75, 3.05) is 5.75 Å². The molecular weight excluding hydrogens is 298 g/mol. The summed E-state index contributed by atoms with van der Waals surface area (Å²) in [6.07, 6.45) is 1.05. The number of fused-ring (bicyclic) bond motifs is 1. The van der Waals surface area contributed by atoms with Gasteiger partial charge < -0.3 is 16.0 Å². The summed E-state index contributed by atoms with van der Waals surface area (Å²) < 4.78 is 25.8. The Hall–Kier alpha value is -2.13. The fourth-order valence-corrected chi connectivity index (χ4v) is 3.58. The van der Waals surface area contributed by atoms with E-state index < -0.39 is 27.8 Å². The number of carboxylic acids is 1. The molecule has 1 aromatic rings. The molecule has 0 aliphatic heterocycles. The number of benzene rings is 1. The summed E-state index contributed by atoms with van der Waals surface area (Å²) in [5.41, 5.74) is 7.66. The molecule has 0 radical (unpaired) electrons. The second-order valence-corrected chi connectivity index (χ2v) is 6.47. The maximum absolute atomic E-state index is 11.7. The third-order valence-electron chi connectivity index (χ3n) is 3.29. The van der Waals surface area contributed by atoms with Gasteiger partial charge in [0.1, 0.15) is 0 Å². The molecule has 0 bridgehead atoms. The van der Waals surface area contributed by atoms with Crippen LogP contribution in [0.5, 0.6) is 0 Å². The van der Waals surface area contributed by atoms with Gasteiger partial charge in [-0.3, -0.25) is 4.79 Å². The second kappa shape index (κ2) is 5.70. The van der Waals surface area contributed by atoms with Crippen molar-refractivity contribution >= 4 is 21.8 Å². The van der Waals surface area contributed by atoms with Crippen molar-refractivity contribution in [1.82, 2.24) is 4.72 Å². The van der Waals surface area contributed by atoms with Gasteiger partial charge in [0.25, 0.3) is 0 Å². The number of hydrogen-bond acceptors (Lipinski definition) is 5. The van der Waals surface area contributed by atoms with E-state index in [1.807, 2.05) is 0 Å². The number of nitrogens with two attached hydrogens (primary N) is 1. The molecule has 0 amide bonds. The van der Waals surface area contributed by atoms with E-state index in [9.17, 15) is 13.2 Å². The van der Waals surface area contributed by atoms with Crippen LogP contribution in [-0.2, 0) is 21.2 Å². The van der Waals surface area contributed by atoms with Gasteiger partial charge in [-0.05, 0) is 24.0 Å². The zero-order chi connectivity index (χ0) is 15.6. The Morgan fingerprint density at radius 3 is 2.81 bits per heavy atom. The van der Waals surface area contributed by atoms with E-state index >= 15 is 0 Å². The molecule has 0 saturated heterocycles. The second-order valence-electron chi connectivity index (χ2n) is 4.72. The Morgan fingerprint density at radius 2 is 2.19 bits per heavy atom. The quantitative estimate of drug-likeness (QED) is 0.256. The Balaban J connectivity index is 2.29. The highest BCUT2D eigenvalue weighted by atomic mass is 32.2. The van der Waals surface area contributed by atoms with E-state index in [-0.39, 0.29) is 5.84 Å². The minimum Gasteiger partial charge on any atom is -0.480 e. The van der Waals surface area contributed by atoms with Gasteiger partial charge >= 0.3 is 5.97 Å². The van der Waals surface area contributed by atoms with E-state index in [1.165, 1.54) is 0 Å². The van der Waals surface area contributed by atoms with Crippen LogP contribution in [0.2, 0.25) is 0 Å². The molecule has 5 N–H and O–H groups in total. The third-order valence-corrected chi connectivity index (χ3v) is 4.56. The van der Waals surface area contributed by atoms with Crippen molar-refractivity contribution in [2.45, 2.75) is 18.9 Å².